The van der Waals surface area contributed by atoms with Gasteiger partial charge in [-0.25, -0.2) is 0 Å². The maximum Gasteiger partial charge on any atom is 0.253 e. The molecule has 0 spiro atoms. The SMILES string of the molecule is CCN(CC)C(=O)c1cccc(NC(=O)Cc2coc3cc4c(cc23)CCC4)c1. The van der Waals surface area contributed by atoms with Crippen LogP contribution in [0.5, 0.6) is 0 Å². The molecule has 2 aromatic carbocycles. The summed E-state index contributed by atoms with van der Waals surface area (Å²) in [6.45, 7) is 5.22. The first-order valence-electron chi connectivity index (χ1n) is 10.3. The number of furan rings is 1. The minimum absolute atomic E-state index is 0.0271. The van der Waals surface area contributed by atoms with Crippen LogP contribution >= 0.6 is 0 Å². The highest BCUT2D eigenvalue weighted by Crippen LogP contribution is 2.30. The molecule has 0 radical (unpaired) electrons. The minimum Gasteiger partial charge on any atom is -0.464 e. The Morgan fingerprint density at radius 1 is 1.07 bits per heavy atom. The van der Waals surface area contributed by atoms with E-state index in [0.29, 0.717) is 24.3 Å². The van der Waals surface area contributed by atoms with Crippen LogP contribution in [0.3, 0.4) is 0 Å². The number of anilines is 1. The number of hydrogen-bond acceptors (Lipinski definition) is 3. The van der Waals surface area contributed by atoms with Gasteiger partial charge in [0.2, 0.25) is 5.91 Å². The Labute approximate surface area is 170 Å². The maximum atomic E-state index is 12.6. The second kappa shape index (κ2) is 8.11. The van der Waals surface area contributed by atoms with Crippen molar-refractivity contribution in [1.29, 1.82) is 0 Å². The molecular weight excluding hydrogens is 364 g/mol. The van der Waals surface area contributed by atoms with Gasteiger partial charge in [-0.1, -0.05) is 6.07 Å². The molecule has 0 saturated heterocycles. The number of aryl methyl sites for hydroxylation is 2. The lowest BCUT2D eigenvalue weighted by molar-refractivity contribution is -0.115. The van der Waals surface area contributed by atoms with E-state index in [2.05, 4.69) is 17.4 Å². The van der Waals surface area contributed by atoms with Crippen LogP contribution < -0.4 is 5.32 Å². The molecule has 29 heavy (non-hydrogen) atoms. The van der Waals surface area contributed by atoms with E-state index in [1.807, 2.05) is 13.8 Å². The number of nitrogens with one attached hydrogen (secondary N) is 1. The van der Waals surface area contributed by atoms with Crippen LogP contribution in [-0.2, 0) is 24.1 Å². The molecule has 0 bridgehead atoms. The first-order chi connectivity index (χ1) is 14.1. The summed E-state index contributed by atoms with van der Waals surface area (Å²) in [6, 6.07) is 11.4. The Kier molecular flexibility index (Phi) is 5.38. The Hall–Kier alpha value is -3.08. The summed E-state index contributed by atoms with van der Waals surface area (Å²) in [6.07, 6.45) is 5.29. The zero-order valence-corrected chi connectivity index (χ0v) is 17.0. The number of fused-ring (bicyclic) bond motifs is 2. The van der Waals surface area contributed by atoms with Gasteiger partial charge in [0.15, 0.2) is 0 Å². The third-order valence-electron chi connectivity index (χ3n) is 5.66. The molecule has 0 fully saturated rings. The Morgan fingerprint density at radius 2 is 1.83 bits per heavy atom. The van der Waals surface area contributed by atoms with Crippen molar-refractivity contribution in [2.45, 2.75) is 39.5 Å². The van der Waals surface area contributed by atoms with Gasteiger partial charge in [0.05, 0.1) is 12.7 Å². The van der Waals surface area contributed by atoms with Crippen molar-refractivity contribution in [2.24, 2.45) is 0 Å². The molecule has 5 heteroatoms. The molecule has 0 aliphatic heterocycles. The molecule has 0 saturated carbocycles. The molecule has 5 nitrogen and oxygen atoms in total. The lowest BCUT2D eigenvalue weighted by Gasteiger charge is -2.19. The molecular formula is C24H26N2O3. The van der Waals surface area contributed by atoms with Crippen LogP contribution in [0.25, 0.3) is 11.0 Å². The number of amides is 2. The van der Waals surface area contributed by atoms with E-state index in [-0.39, 0.29) is 18.2 Å². The molecule has 1 aromatic heterocycles. The third-order valence-corrected chi connectivity index (χ3v) is 5.66. The maximum absolute atomic E-state index is 12.6. The Balaban J connectivity index is 1.49. The zero-order valence-electron chi connectivity index (χ0n) is 17.0. The molecule has 150 valence electrons. The van der Waals surface area contributed by atoms with Crippen molar-refractivity contribution in [3.05, 3.63) is 64.9 Å². The van der Waals surface area contributed by atoms with E-state index >= 15 is 0 Å². The van der Waals surface area contributed by atoms with Gasteiger partial charge in [-0.3, -0.25) is 9.59 Å². The zero-order chi connectivity index (χ0) is 20.4. The van der Waals surface area contributed by atoms with Gasteiger partial charge in [0.1, 0.15) is 5.58 Å². The third kappa shape index (κ3) is 3.90. The summed E-state index contributed by atoms with van der Waals surface area (Å²) in [5, 5.41) is 3.94. The average molecular weight is 390 g/mol. The summed E-state index contributed by atoms with van der Waals surface area (Å²) in [5.41, 5.74) is 5.67. The lowest BCUT2D eigenvalue weighted by Crippen LogP contribution is -2.30. The monoisotopic (exact) mass is 390 g/mol. The second-order valence-corrected chi connectivity index (χ2v) is 7.51. The first-order valence-corrected chi connectivity index (χ1v) is 10.3. The second-order valence-electron chi connectivity index (χ2n) is 7.51. The van der Waals surface area contributed by atoms with E-state index in [0.717, 1.165) is 29.4 Å². The van der Waals surface area contributed by atoms with Gasteiger partial charge in [-0.15, -0.1) is 0 Å². The van der Waals surface area contributed by atoms with E-state index < -0.39 is 0 Å². The predicted octanol–water partition coefficient (Wildman–Crippen LogP) is 4.58. The molecule has 0 atom stereocenters. The highest BCUT2D eigenvalue weighted by Gasteiger charge is 2.17. The molecule has 1 N–H and O–H groups in total. The van der Waals surface area contributed by atoms with Gasteiger partial charge in [-0.2, -0.15) is 0 Å². The predicted molar refractivity (Wildman–Crippen MR) is 114 cm³/mol. The Bertz CT molecular complexity index is 1060. The fourth-order valence-electron chi connectivity index (χ4n) is 4.09. The fraction of sp³-hybridized carbons (Fsp3) is 0.333. The van der Waals surface area contributed by atoms with Gasteiger partial charge in [-0.05, 0) is 74.6 Å². The largest absolute Gasteiger partial charge is 0.464 e. The number of benzene rings is 2. The van der Waals surface area contributed by atoms with Crippen LogP contribution in [0.1, 0.15) is 47.3 Å². The number of carbonyl (C=O) groups is 2. The van der Waals surface area contributed by atoms with Gasteiger partial charge in [0, 0.05) is 35.3 Å². The molecule has 2 amide bonds. The standard InChI is InChI=1S/C24H26N2O3/c1-3-26(4-2)24(28)18-9-6-10-20(11-18)25-23(27)14-19-15-29-22-13-17-8-5-7-16(17)12-21(19)22/h6,9-13,15H,3-5,7-8,14H2,1-2H3,(H,25,27). The quantitative estimate of drug-likeness (QED) is 0.670. The van der Waals surface area contributed by atoms with Crippen molar-refractivity contribution < 1.29 is 14.0 Å². The van der Waals surface area contributed by atoms with Crippen molar-refractivity contribution in [1.82, 2.24) is 4.90 Å². The minimum atomic E-state index is -0.124. The smallest absolute Gasteiger partial charge is 0.253 e. The van der Waals surface area contributed by atoms with Crippen LogP contribution in [0, 0.1) is 0 Å². The topological polar surface area (TPSA) is 62.6 Å². The summed E-state index contributed by atoms with van der Waals surface area (Å²) < 4.78 is 5.70. The van der Waals surface area contributed by atoms with E-state index in [9.17, 15) is 9.59 Å². The van der Waals surface area contributed by atoms with E-state index in [4.69, 9.17) is 4.42 Å². The highest BCUT2D eigenvalue weighted by atomic mass is 16.3. The molecule has 3 aromatic rings. The van der Waals surface area contributed by atoms with Crippen LogP contribution in [0.15, 0.2) is 47.1 Å². The molecule has 1 aliphatic rings. The van der Waals surface area contributed by atoms with Gasteiger partial charge in [0.25, 0.3) is 5.91 Å². The summed E-state index contributed by atoms with van der Waals surface area (Å²) >= 11 is 0. The molecule has 1 aliphatic carbocycles. The normalized spacial score (nSPS) is 12.8. The van der Waals surface area contributed by atoms with Crippen molar-refractivity contribution in [3.63, 3.8) is 0 Å². The molecule has 1 heterocycles. The van der Waals surface area contributed by atoms with Crippen LogP contribution in [-0.4, -0.2) is 29.8 Å². The lowest BCUT2D eigenvalue weighted by atomic mass is 10.0. The summed E-state index contributed by atoms with van der Waals surface area (Å²) in [4.78, 5) is 26.9. The van der Waals surface area contributed by atoms with Crippen molar-refractivity contribution >= 4 is 28.5 Å². The number of rotatable bonds is 6. The first kappa shape index (κ1) is 19.2. The van der Waals surface area contributed by atoms with Gasteiger partial charge < -0.3 is 14.6 Å². The summed E-state index contributed by atoms with van der Waals surface area (Å²) in [5.74, 6) is -0.151. The van der Waals surface area contributed by atoms with Crippen LogP contribution in [0.4, 0.5) is 5.69 Å². The number of hydrogen-bond donors (Lipinski definition) is 1. The van der Waals surface area contributed by atoms with E-state index in [1.165, 1.54) is 17.5 Å². The fourth-order valence-corrected chi connectivity index (χ4v) is 4.09. The number of nitrogens with zero attached hydrogens (tertiary/aromatic N) is 1. The van der Waals surface area contributed by atoms with Gasteiger partial charge >= 0.3 is 0 Å². The Morgan fingerprint density at radius 3 is 2.59 bits per heavy atom. The summed E-state index contributed by atoms with van der Waals surface area (Å²) in [7, 11) is 0. The number of carbonyl (C=O) groups excluding carboxylic acids is 2. The molecule has 0 unspecified atom stereocenters. The van der Waals surface area contributed by atoms with E-state index in [1.54, 1.807) is 35.4 Å². The molecule has 4 rings (SSSR count). The highest BCUT2D eigenvalue weighted by molar-refractivity contribution is 5.98. The van der Waals surface area contributed by atoms with Crippen LogP contribution in [0.2, 0.25) is 0 Å². The van der Waals surface area contributed by atoms with Crippen molar-refractivity contribution in [3.8, 4) is 0 Å². The average Bonchev–Trinajstić information content (AvgIpc) is 3.34. The van der Waals surface area contributed by atoms with Crippen molar-refractivity contribution in [2.75, 3.05) is 18.4 Å².